The van der Waals surface area contributed by atoms with Crippen molar-refractivity contribution < 1.29 is 0 Å². The van der Waals surface area contributed by atoms with Gasteiger partial charge < -0.3 is 5.32 Å². The molecule has 1 fully saturated rings. The van der Waals surface area contributed by atoms with Crippen molar-refractivity contribution in [1.82, 2.24) is 5.32 Å². The van der Waals surface area contributed by atoms with Gasteiger partial charge in [-0.1, -0.05) is 36.4 Å². The molecule has 2 heteroatoms. The summed E-state index contributed by atoms with van der Waals surface area (Å²) in [7, 11) is 0. The topological polar surface area (TPSA) is 12.0 Å². The average molecular weight is 243 g/mol. The molecule has 0 amide bonds. The largest absolute Gasteiger partial charge is 0.305 e. The Morgan fingerprint density at radius 3 is 2.59 bits per heavy atom. The van der Waals surface area contributed by atoms with Crippen molar-refractivity contribution in [1.29, 1.82) is 0 Å². The molecule has 0 bridgehead atoms. The Kier molecular flexibility index (Phi) is 3.25. The van der Waals surface area contributed by atoms with Crippen LogP contribution in [-0.2, 0) is 6.54 Å². The summed E-state index contributed by atoms with van der Waals surface area (Å²) in [6, 6.07) is 15.7. The quantitative estimate of drug-likeness (QED) is 0.837. The molecule has 1 nitrogen and oxygen atoms in total. The van der Waals surface area contributed by atoms with Gasteiger partial charge in [-0.2, -0.15) is 0 Å². The molecule has 1 saturated carbocycles. The molecule has 2 aromatic rings. The molecule has 0 spiro atoms. The Morgan fingerprint density at radius 2 is 1.94 bits per heavy atom. The van der Waals surface area contributed by atoms with E-state index in [4.69, 9.17) is 0 Å². The fourth-order valence-electron chi connectivity index (χ4n) is 2.27. The van der Waals surface area contributed by atoms with Gasteiger partial charge in [-0.3, -0.25) is 0 Å². The summed E-state index contributed by atoms with van der Waals surface area (Å²) in [4.78, 5) is 1.42. The van der Waals surface area contributed by atoms with Gasteiger partial charge >= 0.3 is 0 Å². The Hall–Kier alpha value is -1.12. The van der Waals surface area contributed by atoms with Crippen LogP contribution in [0.1, 0.15) is 29.3 Å². The van der Waals surface area contributed by atoms with Crippen LogP contribution in [0.5, 0.6) is 0 Å². The first kappa shape index (κ1) is 11.0. The third kappa shape index (κ3) is 2.76. The maximum Gasteiger partial charge on any atom is 0.0351 e. The Balaban J connectivity index is 1.68. The van der Waals surface area contributed by atoms with Gasteiger partial charge in [0, 0.05) is 17.5 Å². The van der Waals surface area contributed by atoms with Crippen LogP contribution < -0.4 is 5.32 Å². The summed E-state index contributed by atoms with van der Waals surface area (Å²) in [5.41, 5.74) is 1.44. The standard InChI is InChI=1S/C15H17NS/c1-2-5-12(6-3-1)15(13-8-9-13)16-11-14-7-4-10-17-14/h1-7,10,13,15-16H,8-9,11H2. The van der Waals surface area contributed by atoms with Crippen LogP contribution in [0.25, 0.3) is 0 Å². The SMILES string of the molecule is c1ccc(C(NCc2cccs2)C2CC2)cc1. The number of benzene rings is 1. The van der Waals surface area contributed by atoms with Crippen molar-refractivity contribution in [3.63, 3.8) is 0 Å². The van der Waals surface area contributed by atoms with Gasteiger partial charge in [0.25, 0.3) is 0 Å². The molecule has 0 aliphatic heterocycles. The van der Waals surface area contributed by atoms with Gasteiger partial charge in [0.1, 0.15) is 0 Å². The van der Waals surface area contributed by atoms with Crippen LogP contribution in [0.2, 0.25) is 0 Å². The fourth-order valence-corrected chi connectivity index (χ4v) is 2.93. The summed E-state index contributed by atoms with van der Waals surface area (Å²) >= 11 is 1.83. The van der Waals surface area contributed by atoms with E-state index in [9.17, 15) is 0 Å². The van der Waals surface area contributed by atoms with E-state index in [0.29, 0.717) is 6.04 Å². The second-order valence-corrected chi connectivity index (χ2v) is 5.72. The summed E-state index contributed by atoms with van der Waals surface area (Å²) < 4.78 is 0. The molecule has 88 valence electrons. The molecule has 3 rings (SSSR count). The second-order valence-electron chi connectivity index (χ2n) is 4.69. The number of thiophene rings is 1. The predicted octanol–water partition coefficient (Wildman–Crippen LogP) is 3.99. The van der Waals surface area contributed by atoms with Gasteiger partial charge in [-0.15, -0.1) is 11.3 Å². The molecule has 1 heterocycles. The molecular formula is C15H17NS. The van der Waals surface area contributed by atoms with E-state index in [-0.39, 0.29) is 0 Å². The normalized spacial score (nSPS) is 16.9. The van der Waals surface area contributed by atoms with E-state index in [1.54, 1.807) is 0 Å². The second kappa shape index (κ2) is 5.03. The number of rotatable bonds is 5. The molecule has 1 aromatic carbocycles. The lowest BCUT2D eigenvalue weighted by Gasteiger charge is -2.18. The highest BCUT2D eigenvalue weighted by molar-refractivity contribution is 7.09. The molecule has 1 unspecified atom stereocenters. The van der Waals surface area contributed by atoms with Crippen LogP contribution in [0.3, 0.4) is 0 Å². The summed E-state index contributed by atoms with van der Waals surface area (Å²) in [6.45, 7) is 0.994. The maximum absolute atomic E-state index is 3.71. The maximum atomic E-state index is 3.71. The molecule has 1 N–H and O–H groups in total. The van der Waals surface area contributed by atoms with Crippen molar-refractivity contribution in [3.05, 3.63) is 58.3 Å². The van der Waals surface area contributed by atoms with Gasteiger partial charge in [-0.05, 0) is 35.8 Å². The Bertz CT molecular complexity index is 445. The lowest BCUT2D eigenvalue weighted by molar-refractivity contribution is 0.483. The first-order chi connectivity index (χ1) is 8.43. The molecule has 1 aliphatic carbocycles. The van der Waals surface area contributed by atoms with Gasteiger partial charge in [0.15, 0.2) is 0 Å². The van der Waals surface area contributed by atoms with E-state index in [1.165, 1.54) is 23.3 Å². The first-order valence-electron chi connectivity index (χ1n) is 6.24. The third-order valence-corrected chi connectivity index (χ3v) is 4.20. The van der Waals surface area contributed by atoms with Crippen LogP contribution in [0.15, 0.2) is 47.8 Å². The van der Waals surface area contributed by atoms with Gasteiger partial charge in [0.2, 0.25) is 0 Å². The van der Waals surface area contributed by atoms with Crippen LogP contribution in [0, 0.1) is 5.92 Å². The van der Waals surface area contributed by atoms with Crippen LogP contribution >= 0.6 is 11.3 Å². The summed E-state index contributed by atoms with van der Waals surface area (Å²) in [5.74, 6) is 0.845. The van der Waals surface area contributed by atoms with E-state index in [1.807, 2.05) is 11.3 Å². The molecule has 1 aliphatic rings. The Morgan fingerprint density at radius 1 is 1.12 bits per heavy atom. The first-order valence-corrected chi connectivity index (χ1v) is 7.12. The molecule has 1 atom stereocenters. The lowest BCUT2D eigenvalue weighted by atomic mass is 10.0. The zero-order valence-electron chi connectivity index (χ0n) is 9.80. The average Bonchev–Trinajstić information content (AvgIpc) is 3.07. The monoisotopic (exact) mass is 243 g/mol. The zero-order chi connectivity index (χ0) is 11.5. The molecular weight excluding hydrogens is 226 g/mol. The van der Waals surface area contributed by atoms with Crippen molar-refractivity contribution in [2.45, 2.75) is 25.4 Å². The summed E-state index contributed by atoms with van der Waals surface area (Å²) in [5, 5.41) is 5.86. The van der Waals surface area contributed by atoms with E-state index in [0.717, 1.165) is 12.5 Å². The molecule has 0 saturated heterocycles. The summed E-state index contributed by atoms with van der Waals surface area (Å²) in [6.07, 6.45) is 2.74. The molecule has 17 heavy (non-hydrogen) atoms. The highest BCUT2D eigenvalue weighted by atomic mass is 32.1. The minimum Gasteiger partial charge on any atom is -0.305 e. The molecule has 0 radical (unpaired) electrons. The Labute approximate surface area is 106 Å². The van der Waals surface area contributed by atoms with Crippen molar-refractivity contribution in [3.8, 4) is 0 Å². The number of nitrogens with one attached hydrogen (secondary N) is 1. The van der Waals surface area contributed by atoms with E-state index >= 15 is 0 Å². The lowest BCUT2D eigenvalue weighted by Crippen LogP contribution is -2.22. The predicted molar refractivity (Wildman–Crippen MR) is 73.1 cm³/mol. The minimum absolute atomic E-state index is 0.540. The fraction of sp³-hybridized carbons (Fsp3) is 0.333. The van der Waals surface area contributed by atoms with E-state index < -0.39 is 0 Å². The van der Waals surface area contributed by atoms with Crippen molar-refractivity contribution in [2.24, 2.45) is 5.92 Å². The minimum atomic E-state index is 0.540. The van der Waals surface area contributed by atoms with Crippen LogP contribution in [-0.4, -0.2) is 0 Å². The van der Waals surface area contributed by atoms with Gasteiger partial charge in [0.05, 0.1) is 0 Å². The molecule has 1 aromatic heterocycles. The van der Waals surface area contributed by atoms with Crippen LogP contribution in [0.4, 0.5) is 0 Å². The smallest absolute Gasteiger partial charge is 0.0351 e. The van der Waals surface area contributed by atoms with Crippen molar-refractivity contribution in [2.75, 3.05) is 0 Å². The number of hydrogen-bond donors (Lipinski definition) is 1. The highest BCUT2D eigenvalue weighted by Crippen LogP contribution is 2.41. The van der Waals surface area contributed by atoms with Gasteiger partial charge in [-0.25, -0.2) is 0 Å². The zero-order valence-corrected chi connectivity index (χ0v) is 10.6. The highest BCUT2D eigenvalue weighted by Gasteiger charge is 2.31. The van der Waals surface area contributed by atoms with Crippen molar-refractivity contribution >= 4 is 11.3 Å². The number of hydrogen-bond acceptors (Lipinski definition) is 2. The third-order valence-electron chi connectivity index (χ3n) is 3.33. The van der Waals surface area contributed by atoms with E-state index in [2.05, 4.69) is 53.2 Å².